The van der Waals surface area contributed by atoms with Crippen molar-refractivity contribution in [1.82, 2.24) is 19.9 Å². The summed E-state index contributed by atoms with van der Waals surface area (Å²) in [4.78, 5) is 14.0. The standard InChI is InChI=1S/C24H18N4.C20H12/c1-2-4-22-21(3-1)23-13-19-9-7-17(26-19)11-15-5-6-16(25-15)12-18-8-10-20(27-18)14-24(22)28-23;1-5-13-6-2-11-17-18-12-4-8-14-7-3-10-16(20(14)18)15(9-1)19(13)17/h1-14,25-28H;1-12H. The molecule has 0 spiro atoms. The fraction of sp³-hybridized carbons (Fsp3) is 0. The molecule has 0 saturated carbocycles. The van der Waals surface area contributed by atoms with E-state index in [0.717, 1.165) is 44.2 Å². The van der Waals surface area contributed by atoms with Crippen LogP contribution >= 0.6 is 0 Å². The highest BCUT2D eigenvalue weighted by Crippen LogP contribution is 2.39. The molecule has 48 heavy (non-hydrogen) atoms. The number of aromatic nitrogens is 4. The third-order valence-electron chi connectivity index (χ3n) is 9.58. The molecule has 0 aliphatic carbocycles. The van der Waals surface area contributed by atoms with E-state index in [0.29, 0.717) is 0 Å². The summed E-state index contributed by atoms with van der Waals surface area (Å²) in [5.74, 6) is 0. The first-order chi connectivity index (χ1) is 23.7. The van der Waals surface area contributed by atoms with Gasteiger partial charge in [0, 0.05) is 54.9 Å². The van der Waals surface area contributed by atoms with E-state index in [1.54, 1.807) is 0 Å². The quantitative estimate of drug-likeness (QED) is 0.101. The third kappa shape index (κ3) is 4.38. The first-order valence-corrected chi connectivity index (χ1v) is 16.3. The number of nitrogens with one attached hydrogen (secondary N) is 4. The van der Waals surface area contributed by atoms with Gasteiger partial charge in [-0.05, 0) is 104 Å². The lowest BCUT2D eigenvalue weighted by atomic mass is 9.90. The fourth-order valence-electron chi connectivity index (χ4n) is 7.48. The summed E-state index contributed by atoms with van der Waals surface area (Å²) >= 11 is 0. The number of fused-ring (bicyclic) bond motifs is 13. The van der Waals surface area contributed by atoms with Gasteiger partial charge in [0.2, 0.25) is 0 Å². The van der Waals surface area contributed by atoms with Crippen LogP contribution in [0.5, 0.6) is 0 Å². The minimum Gasteiger partial charge on any atom is -0.355 e. The predicted molar refractivity (Wildman–Crippen MR) is 201 cm³/mol. The Bertz CT molecular complexity index is 2790. The number of aromatic amines is 4. The van der Waals surface area contributed by atoms with Crippen LogP contribution in [0.25, 0.3) is 78.2 Å². The fourth-order valence-corrected chi connectivity index (χ4v) is 7.48. The van der Waals surface area contributed by atoms with Crippen LogP contribution in [0, 0.1) is 0 Å². The van der Waals surface area contributed by atoms with E-state index < -0.39 is 0 Å². The van der Waals surface area contributed by atoms with E-state index in [1.165, 1.54) is 53.9 Å². The molecule has 0 radical (unpaired) electrons. The van der Waals surface area contributed by atoms with Crippen molar-refractivity contribution in [3.05, 3.63) is 178 Å². The van der Waals surface area contributed by atoms with Crippen molar-refractivity contribution in [2.45, 2.75) is 0 Å². The van der Waals surface area contributed by atoms with Crippen molar-refractivity contribution in [3.8, 4) is 0 Å². The van der Waals surface area contributed by atoms with Gasteiger partial charge in [-0.25, -0.2) is 0 Å². The van der Waals surface area contributed by atoms with Crippen LogP contribution < -0.4 is 21.4 Å². The Kier molecular flexibility index (Phi) is 5.84. The van der Waals surface area contributed by atoms with Gasteiger partial charge in [0.15, 0.2) is 0 Å². The molecular formula is C44H30N4. The largest absolute Gasteiger partial charge is 0.355 e. The molecule has 6 aromatic carbocycles. The van der Waals surface area contributed by atoms with Crippen LogP contribution in [0.2, 0.25) is 0 Å². The molecule has 10 aromatic rings. The van der Waals surface area contributed by atoms with Crippen molar-refractivity contribution in [2.75, 3.05) is 0 Å². The highest BCUT2D eigenvalue weighted by Gasteiger charge is 2.11. The lowest BCUT2D eigenvalue weighted by Gasteiger charge is -2.13. The van der Waals surface area contributed by atoms with Gasteiger partial charge >= 0.3 is 0 Å². The molecule has 4 aromatic heterocycles. The summed E-state index contributed by atoms with van der Waals surface area (Å²) in [6, 6.07) is 47.5. The smallest absolute Gasteiger partial charge is 0.0485 e. The van der Waals surface area contributed by atoms with Crippen LogP contribution in [0.3, 0.4) is 0 Å². The molecule has 1 aliphatic heterocycles. The average Bonchev–Trinajstić information content (AvgIpc) is 3.93. The maximum Gasteiger partial charge on any atom is 0.0485 e. The molecule has 0 unspecified atom stereocenters. The molecule has 226 valence electrons. The number of rotatable bonds is 0. The summed E-state index contributed by atoms with van der Waals surface area (Å²) in [5.41, 5.74) is 4.27. The molecule has 4 N–H and O–H groups in total. The summed E-state index contributed by atoms with van der Waals surface area (Å²) in [6.07, 6.45) is 8.56. The molecule has 0 amide bonds. The first kappa shape index (κ1) is 26.7. The minimum absolute atomic E-state index is 1.07. The zero-order valence-corrected chi connectivity index (χ0v) is 26.0. The number of hydrogen-bond donors (Lipinski definition) is 4. The van der Waals surface area contributed by atoms with Gasteiger partial charge in [0.25, 0.3) is 0 Å². The summed E-state index contributed by atoms with van der Waals surface area (Å²) in [5, 5.41) is 17.6. The van der Waals surface area contributed by atoms with Crippen molar-refractivity contribution in [2.24, 2.45) is 0 Å². The topological polar surface area (TPSA) is 63.2 Å². The van der Waals surface area contributed by atoms with Gasteiger partial charge in [0.05, 0.1) is 0 Å². The van der Waals surface area contributed by atoms with Gasteiger partial charge < -0.3 is 19.9 Å². The first-order valence-electron chi connectivity index (χ1n) is 16.3. The minimum atomic E-state index is 1.07. The summed E-state index contributed by atoms with van der Waals surface area (Å²) < 4.78 is 0. The maximum atomic E-state index is 3.59. The van der Waals surface area contributed by atoms with Crippen LogP contribution in [-0.4, -0.2) is 19.9 Å². The normalized spacial score (nSPS) is 12.4. The van der Waals surface area contributed by atoms with Crippen LogP contribution in [0.1, 0.15) is 22.8 Å². The second-order valence-electron chi connectivity index (χ2n) is 12.6. The molecular weight excluding hydrogens is 585 g/mol. The highest BCUT2D eigenvalue weighted by molar-refractivity contribution is 6.32. The van der Waals surface area contributed by atoms with Crippen LogP contribution in [-0.2, 0) is 0 Å². The van der Waals surface area contributed by atoms with E-state index in [2.05, 4.69) is 178 Å². The number of H-pyrrole nitrogens is 4. The zero-order valence-electron chi connectivity index (χ0n) is 26.0. The average molecular weight is 615 g/mol. The Morgan fingerprint density at radius 1 is 0.271 bits per heavy atom. The Morgan fingerprint density at radius 2 is 0.646 bits per heavy atom. The van der Waals surface area contributed by atoms with Gasteiger partial charge in [0.1, 0.15) is 0 Å². The second-order valence-corrected chi connectivity index (χ2v) is 12.6. The van der Waals surface area contributed by atoms with Gasteiger partial charge in [-0.15, -0.1) is 0 Å². The number of hydrogen-bond acceptors (Lipinski definition) is 0. The monoisotopic (exact) mass is 614 g/mol. The summed E-state index contributed by atoms with van der Waals surface area (Å²) in [6.45, 7) is 0. The molecule has 11 rings (SSSR count). The van der Waals surface area contributed by atoms with E-state index >= 15 is 0 Å². The molecule has 5 heterocycles. The van der Waals surface area contributed by atoms with E-state index in [1.807, 2.05) is 0 Å². The van der Waals surface area contributed by atoms with Crippen LogP contribution in [0.15, 0.2) is 133 Å². The van der Waals surface area contributed by atoms with Crippen molar-refractivity contribution in [1.29, 1.82) is 0 Å². The van der Waals surface area contributed by atoms with Crippen molar-refractivity contribution in [3.63, 3.8) is 0 Å². The third-order valence-corrected chi connectivity index (χ3v) is 9.58. The second kappa shape index (κ2) is 10.5. The van der Waals surface area contributed by atoms with E-state index in [4.69, 9.17) is 0 Å². The Hall–Kier alpha value is -6.52. The highest BCUT2D eigenvalue weighted by atomic mass is 14.8. The molecule has 8 bridgehead atoms. The lowest BCUT2D eigenvalue weighted by Crippen LogP contribution is -2.11. The SMILES string of the molecule is C1=c2ccc([nH]2)=Cc2ccc([nH]2)C=c2[nH]c(c3ccccc23)=Cc2ccc1[nH]2.c1cc2cccc3c4cccc5cccc(c(c1)c23)c54. The predicted octanol–water partition coefficient (Wildman–Crippen LogP) is 7.52. The lowest BCUT2D eigenvalue weighted by molar-refractivity contribution is 1.23. The Labute approximate surface area is 275 Å². The van der Waals surface area contributed by atoms with E-state index in [9.17, 15) is 0 Å². The summed E-state index contributed by atoms with van der Waals surface area (Å²) in [7, 11) is 0. The van der Waals surface area contributed by atoms with Crippen molar-refractivity contribution < 1.29 is 0 Å². The van der Waals surface area contributed by atoms with E-state index in [-0.39, 0.29) is 0 Å². The number of benzene rings is 6. The Balaban J connectivity index is 0.000000130. The molecule has 0 atom stereocenters. The van der Waals surface area contributed by atoms with Gasteiger partial charge in [-0.2, -0.15) is 0 Å². The zero-order chi connectivity index (χ0) is 31.6. The molecule has 1 aliphatic rings. The van der Waals surface area contributed by atoms with Gasteiger partial charge in [-0.3, -0.25) is 0 Å². The van der Waals surface area contributed by atoms with Gasteiger partial charge in [-0.1, -0.05) is 97.1 Å². The molecule has 4 nitrogen and oxygen atoms in total. The molecule has 0 fully saturated rings. The Morgan fingerprint density at radius 3 is 1.06 bits per heavy atom. The molecule has 0 saturated heterocycles. The van der Waals surface area contributed by atoms with Crippen molar-refractivity contribution >= 4 is 78.2 Å². The maximum absolute atomic E-state index is 3.59. The molecule has 4 heteroatoms. The van der Waals surface area contributed by atoms with Crippen LogP contribution in [0.4, 0.5) is 0 Å².